The molecule has 2 aromatic rings. The van der Waals surface area contributed by atoms with E-state index in [0.717, 1.165) is 29.5 Å². The Balaban J connectivity index is 2.03. The number of benzene rings is 1. The van der Waals surface area contributed by atoms with Crippen LogP contribution < -0.4 is 0 Å². The SMILES string of the molecule is C=C(C)CN(CC)C(=O)CSc1nnc(Cc2ccccc2)n1CC. The van der Waals surface area contributed by atoms with Gasteiger partial charge in [-0.25, -0.2) is 0 Å². The molecule has 1 aromatic heterocycles. The predicted molar refractivity (Wildman–Crippen MR) is 103 cm³/mol. The molecule has 134 valence electrons. The molecule has 1 amide bonds. The highest BCUT2D eigenvalue weighted by molar-refractivity contribution is 7.99. The van der Waals surface area contributed by atoms with Crippen molar-refractivity contribution in [2.45, 2.75) is 38.9 Å². The molecule has 0 saturated heterocycles. The Hall–Kier alpha value is -2.08. The molecule has 0 N–H and O–H groups in total. The van der Waals surface area contributed by atoms with E-state index in [1.54, 1.807) is 0 Å². The second-order valence-electron chi connectivity index (χ2n) is 5.96. The summed E-state index contributed by atoms with van der Waals surface area (Å²) in [4.78, 5) is 14.2. The van der Waals surface area contributed by atoms with Gasteiger partial charge in [-0.15, -0.1) is 10.2 Å². The average Bonchev–Trinajstić information content (AvgIpc) is 2.99. The number of hydrogen-bond acceptors (Lipinski definition) is 4. The maximum absolute atomic E-state index is 12.4. The lowest BCUT2D eigenvalue weighted by Gasteiger charge is -2.20. The molecular weight excluding hydrogens is 332 g/mol. The third-order valence-electron chi connectivity index (χ3n) is 3.83. The highest BCUT2D eigenvalue weighted by Gasteiger charge is 2.16. The Morgan fingerprint density at radius 1 is 1.24 bits per heavy atom. The smallest absolute Gasteiger partial charge is 0.233 e. The van der Waals surface area contributed by atoms with E-state index < -0.39 is 0 Å². The Morgan fingerprint density at radius 3 is 2.56 bits per heavy atom. The Labute approximate surface area is 154 Å². The first kappa shape index (κ1) is 19.2. The summed E-state index contributed by atoms with van der Waals surface area (Å²) in [6, 6.07) is 10.2. The molecule has 6 heteroatoms. The van der Waals surface area contributed by atoms with Gasteiger partial charge in [-0.1, -0.05) is 54.2 Å². The number of amides is 1. The molecule has 1 aromatic carbocycles. The lowest BCUT2D eigenvalue weighted by atomic mass is 10.1. The molecule has 0 spiro atoms. The van der Waals surface area contributed by atoms with Gasteiger partial charge in [0.05, 0.1) is 5.75 Å². The fourth-order valence-electron chi connectivity index (χ4n) is 2.57. The largest absolute Gasteiger partial charge is 0.338 e. The predicted octanol–water partition coefficient (Wildman–Crippen LogP) is 3.41. The second-order valence-corrected chi connectivity index (χ2v) is 6.90. The van der Waals surface area contributed by atoms with Crippen LogP contribution in [0, 0.1) is 0 Å². The van der Waals surface area contributed by atoms with Crippen LogP contribution in [0.1, 0.15) is 32.2 Å². The number of rotatable bonds is 9. The molecule has 0 atom stereocenters. The molecule has 25 heavy (non-hydrogen) atoms. The van der Waals surface area contributed by atoms with Gasteiger partial charge in [0.15, 0.2) is 5.16 Å². The Kier molecular flexibility index (Phi) is 7.25. The van der Waals surface area contributed by atoms with Crippen molar-refractivity contribution in [1.29, 1.82) is 0 Å². The van der Waals surface area contributed by atoms with E-state index in [4.69, 9.17) is 0 Å². The van der Waals surface area contributed by atoms with Gasteiger partial charge in [-0.2, -0.15) is 0 Å². The van der Waals surface area contributed by atoms with E-state index in [-0.39, 0.29) is 5.91 Å². The summed E-state index contributed by atoms with van der Waals surface area (Å²) < 4.78 is 2.08. The number of likely N-dealkylation sites (N-methyl/N-ethyl adjacent to an activating group) is 1. The van der Waals surface area contributed by atoms with Crippen LogP contribution in [0.4, 0.5) is 0 Å². The van der Waals surface area contributed by atoms with E-state index in [9.17, 15) is 4.79 Å². The van der Waals surface area contributed by atoms with Crippen molar-refractivity contribution in [3.63, 3.8) is 0 Å². The van der Waals surface area contributed by atoms with Gasteiger partial charge < -0.3 is 9.47 Å². The Morgan fingerprint density at radius 2 is 1.96 bits per heavy atom. The first-order chi connectivity index (χ1) is 12.0. The second kappa shape index (κ2) is 9.42. The van der Waals surface area contributed by atoms with Crippen molar-refractivity contribution in [1.82, 2.24) is 19.7 Å². The number of hydrogen-bond donors (Lipinski definition) is 0. The number of aromatic nitrogens is 3. The van der Waals surface area contributed by atoms with E-state index in [2.05, 4.69) is 40.4 Å². The van der Waals surface area contributed by atoms with Gasteiger partial charge in [0, 0.05) is 26.1 Å². The van der Waals surface area contributed by atoms with Crippen LogP contribution in [-0.2, 0) is 17.8 Å². The van der Waals surface area contributed by atoms with E-state index in [1.165, 1.54) is 17.3 Å². The topological polar surface area (TPSA) is 51.0 Å². The van der Waals surface area contributed by atoms with Crippen molar-refractivity contribution < 1.29 is 4.79 Å². The van der Waals surface area contributed by atoms with Crippen LogP contribution in [0.3, 0.4) is 0 Å². The van der Waals surface area contributed by atoms with Crippen LogP contribution in [0.2, 0.25) is 0 Å². The molecule has 0 fully saturated rings. The molecule has 0 aliphatic heterocycles. The summed E-state index contributed by atoms with van der Waals surface area (Å²) in [5, 5.41) is 9.41. The Bertz CT molecular complexity index is 711. The average molecular weight is 359 g/mol. The summed E-state index contributed by atoms with van der Waals surface area (Å²) in [5.41, 5.74) is 2.19. The summed E-state index contributed by atoms with van der Waals surface area (Å²) in [6.45, 7) is 12.0. The summed E-state index contributed by atoms with van der Waals surface area (Å²) in [6.07, 6.45) is 0.743. The standard InChI is InChI=1S/C19H26N4OS/c1-5-22(13-15(3)4)18(24)14-25-19-21-20-17(23(19)6-2)12-16-10-8-7-9-11-16/h7-11H,3,5-6,12-14H2,1-2,4H3. The minimum Gasteiger partial charge on any atom is -0.338 e. The van der Waals surface area contributed by atoms with Crippen molar-refractivity contribution in [2.75, 3.05) is 18.8 Å². The fourth-order valence-corrected chi connectivity index (χ4v) is 3.50. The molecule has 1 heterocycles. The molecule has 0 bridgehead atoms. The maximum Gasteiger partial charge on any atom is 0.233 e. The van der Waals surface area contributed by atoms with Gasteiger partial charge in [0.25, 0.3) is 0 Å². The highest BCUT2D eigenvalue weighted by Crippen LogP contribution is 2.19. The quantitative estimate of drug-likeness (QED) is 0.509. The highest BCUT2D eigenvalue weighted by atomic mass is 32.2. The van der Waals surface area contributed by atoms with Crippen molar-refractivity contribution in [3.05, 3.63) is 53.9 Å². The van der Waals surface area contributed by atoms with Crippen LogP contribution in [0.5, 0.6) is 0 Å². The lowest BCUT2D eigenvalue weighted by Crippen LogP contribution is -2.33. The number of thioether (sulfide) groups is 1. The van der Waals surface area contributed by atoms with Crippen LogP contribution in [0.25, 0.3) is 0 Å². The lowest BCUT2D eigenvalue weighted by molar-refractivity contribution is -0.127. The number of carbonyl (C=O) groups is 1. The van der Waals surface area contributed by atoms with Crippen molar-refractivity contribution in [2.24, 2.45) is 0 Å². The van der Waals surface area contributed by atoms with Gasteiger partial charge in [0.2, 0.25) is 5.91 Å². The van der Waals surface area contributed by atoms with Gasteiger partial charge in [-0.05, 0) is 26.3 Å². The molecular formula is C19H26N4OS. The van der Waals surface area contributed by atoms with E-state index >= 15 is 0 Å². The third-order valence-corrected chi connectivity index (χ3v) is 4.79. The minimum atomic E-state index is 0.103. The molecule has 5 nitrogen and oxygen atoms in total. The molecule has 0 aliphatic rings. The zero-order valence-electron chi connectivity index (χ0n) is 15.2. The van der Waals surface area contributed by atoms with Gasteiger partial charge >= 0.3 is 0 Å². The van der Waals surface area contributed by atoms with Crippen LogP contribution in [-0.4, -0.2) is 44.4 Å². The maximum atomic E-state index is 12.4. The number of carbonyl (C=O) groups excluding carboxylic acids is 1. The van der Waals surface area contributed by atoms with Crippen molar-refractivity contribution in [3.8, 4) is 0 Å². The van der Waals surface area contributed by atoms with Crippen molar-refractivity contribution >= 4 is 17.7 Å². The molecule has 0 saturated carbocycles. The monoisotopic (exact) mass is 358 g/mol. The fraction of sp³-hybridized carbons (Fsp3) is 0.421. The minimum absolute atomic E-state index is 0.103. The third kappa shape index (κ3) is 5.46. The summed E-state index contributed by atoms with van der Waals surface area (Å²) >= 11 is 1.45. The molecule has 0 aliphatic carbocycles. The van der Waals surface area contributed by atoms with E-state index in [0.29, 0.717) is 18.8 Å². The summed E-state index contributed by atoms with van der Waals surface area (Å²) in [5.74, 6) is 1.40. The molecule has 2 rings (SSSR count). The van der Waals surface area contributed by atoms with Crippen LogP contribution in [0.15, 0.2) is 47.6 Å². The zero-order valence-corrected chi connectivity index (χ0v) is 16.1. The number of nitrogens with zero attached hydrogens (tertiary/aromatic N) is 4. The first-order valence-corrected chi connectivity index (χ1v) is 9.54. The van der Waals surface area contributed by atoms with Gasteiger partial charge in [0.1, 0.15) is 5.82 Å². The zero-order chi connectivity index (χ0) is 18.2. The van der Waals surface area contributed by atoms with Crippen LogP contribution >= 0.6 is 11.8 Å². The molecule has 0 radical (unpaired) electrons. The molecule has 0 unspecified atom stereocenters. The van der Waals surface area contributed by atoms with E-state index in [1.807, 2.05) is 36.9 Å². The first-order valence-electron chi connectivity index (χ1n) is 8.56. The summed E-state index contributed by atoms with van der Waals surface area (Å²) in [7, 11) is 0. The normalized spacial score (nSPS) is 10.7. The van der Waals surface area contributed by atoms with Gasteiger partial charge in [-0.3, -0.25) is 4.79 Å².